The number of amides is 1. The van der Waals surface area contributed by atoms with Crippen molar-refractivity contribution in [2.24, 2.45) is 0 Å². The van der Waals surface area contributed by atoms with Gasteiger partial charge in [0.05, 0.1) is 23.6 Å². The van der Waals surface area contributed by atoms with Crippen molar-refractivity contribution < 1.29 is 31.9 Å². The molecule has 1 aromatic carbocycles. The third-order valence-corrected chi connectivity index (χ3v) is 7.79. The lowest BCUT2D eigenvalue weighted by Crippen LogP contribution is -2.27. The highest BCUT2D eigenvalue weighted by molar-refractivity contribution is 7.91. The van der Waals surface area contributed by atoms with Gasteiger partial charge in [-0.15, -0.1) is 0 Å². The van der Waals surface area contributed by atoms with E-state index >= 15 is 0 Å². The van der Waals surface area contributed by atoms with E-state index in [1.807, 2.05) is 0 Å². The Morgan fingerprint density at radius 2 is 1.88 bits per heavy atom. The predicted molar refractivity (Wildman–Crippen MR) is 115 cm³/mol. The SMILES string of the molecule is CCN1CC(C(=O)c2oc(C3CCS(=O)(=O)CC3)cc2Cc2ccc(F)cc2)=C(O)C1=O. The number of rotatable bonds is 6. The number of benzene rings is 1. The van der Waals surface area contributed by atoms with E-state index in [0.29, 0.717) is 30.7 Å². The van der Waals surface area contributed by atoms with Gasteiger partial charge >= 0.3 is 0 Å². The molecule has 2 aliphatic heterocycles. The third kappa shape index (κ3) is 4.34. The first-order valence-corrected chi connectivity index (χ1v) is 12.3. The van der Waals surface area contributed by atoms with Crippen LogP contribution in [0.4, 0.5) is 4.39 Å². The van der Waals surface area contributed by atoms with Crippen LogP contribution in [0.15, 0.2) is 46.1 Å². The molecular weight excluding hydrogens is 437 g/mol. The normalized spacial score (nSPS) is 19.1. The van der Waals surface area contributed by atoms with E-state index in [4.69, 9.17) is 4.42 Å². The maximum absolute atomic E-state index is 13.3. The molecule has 0 saturated carbocycles. The molecule has 0 spiro atoms. The number of halogens is 1. The minimum Gasteiger partial charge on any atom is -0.503 e. The molecule has 0 unspecified atom stereocenters. The van der Waals surface area contributed by atoms with Crippen LogP contribution in [0.1, 0.15) is 53.1 Å². The molecule has 1 saturated heterocycles. The fourth-order valence-corrected chi connectivity index (χ4v) is 5.65. The van der Waals surface area contributed by atoms with Crippen molar-refractivity contribution in [2.45, 2.75) is 32.1 Å². The molecule has 1 amide bonds. The van der Waals surface area contributed by atoms with Gasteiger partial charge in [0.15, 0.2) is 11.5 Å². The Morgan fingerprint density at radius 3 is 2.47 bits per heavy atom. The fourth-order valence-electron chi connectivity index (χ4n) is 4.16. The molecular formula is C23H24FNO6S. The number of hydrogen-bond acceptors (Lipinski definition) is 6. The van der Waals surface area contributed by atoms with Gasteiger partial charge in [-0.05, 0) is 43.5 Å². The Bertz CT molecular complexity index is 1180. The minimum atomic E-state index is -3.06. The van der Waals surface area contributed by atoms with Crippen molar-refractivity contribution in [2.75, 3.05) is 24.6 Å². The third-order valence-electron chi connectivity index (χ3n) is 6.08. The fraction of sp³-hybridized carbons (Fsp3) is 0.391. The van der Waals surface area contributed by atoms with Gasteiger partial charge in [0.1, 0.15) is 21.4 Å². The predicted octanol–water partition coefficient (Wildman–Crippen LogP) is 3.16. The smallest absolute Gasteiger partial charge is 0.289 e. The van der Waals surface area contributed by atoms with Crippen LogP contribution in [0.2, 0.25) is 0 Å². The molecule has 170 valence electrons. The number of Topliss-reactive ketones (excluding diaryl/α,β-unsaturated/α-hetero) is 1. The monoisotopic (exact) mass is 461 g/mol. The summed E-state index contributed by atoms with van der Waals surface area (Å²) in [5.74, 6) is -1.62. The molecule has 3 heterocycles. The summed E-state index contributed by atoms with van der Waals surface area (Å²) in [4.78, 5) is 26.8. The number of likely N-dealkylation sites (N-methyl/N-ethyl adjacent to an activating group) is 1. The average Bonchev–Trinajstić information content (AvgIpc) is 3.30. The zero-order chi connectivity index (χ0) is 23.0. The number of nitrogens with zero attached hydrogens (tertiary/aromatic N) is 1. The van der Waals surface area contributed by atoms with E-state index in [2.05, 4.69) is 0 Å². The van der Waals surface area contributed by atoms with Gasteiger partial charge in [-0.3, -0.25) is 9.59 Å². The van der Waals surface area contributed by atoms with Gasteiger partial charge in [-0.2, -0.15) is 0 Å². The molecule has 2 aliphatic rings. The number of furan rings is 1. The van der Waals surface area contributed by atoms with Crippen molar-refractivity contribution in [1.82, 2.24) is 4.90 Å². The molecule has 9 heteroatoms. The highest BCUT2D eigenvalue weighted by Gasteiger charge is 2.36. The van der Waals surface area contributed by atoms with Crippen molar-refractivity contribution in [3.63, 3.8) is 0 Å². The number of carbonyl (C=O) groups is 2. The Labute approximate surface area is 185 Å². The summed E-state index contributed by atoms with van der Waals surface area (Å²) in [5.41, 5.74) is 1.28. The first kappa shape index (κ1) is 22.3. The van der Waals surface area contributed by atoms with Gasteiger partial charge < -0.3 is 14.4 Å². The maximum atomic E-state index is 13.3. The van der Waals surface area contributed by atoms with Crippen LogP contribution in [0.3, 0.4) is 0 Å². The Balaban J connectivity index is 1.69. The summed E-state index contributed by atoms with van der Waals surface area (Å²) >= 11 is 0. The standard InChI is InChI=1S/C23H24FNO6S/c1-2-25-13-18(21(27)23(25)28)20(26)22-16(11-14-3-5-17(24)6-4-14)12-19(31-22)15-7-9-32(29,30)10-8-15/h3-6,12,15,27H,2,7-11,13H2,1H3. The molecule has 1 aromatic heterocycles. The number of hydrogen-bond donors (Lipinski definition) is 1. The summed E-state index contributed by atoms with van der Waals surface area (Å²) in [7, 11) is -3.06. The van der Waals surface area contributed by atoms with E-state index in [9.17, 15) is 27.5 Å². The summed E-state index contributed by atoms with van der Waals surface area (Å²) in [5, 5.41) is 10.2. The number of ketones is 1. The minimum absolute atomic E-state index is 0.00626. The first-order chi connectivity index (χ1) is 15.2. The van der Waals surface area contributed by atoms with Crippen LogP contribution in [-0.4, -0.2) is 54.7 Å². The van der Waals surface area contributed by atoms with Crippen LogP contribution in [0.5, 0.6) is 0 Å². The van der Waals surface area contributed by atoms with Gasteiger partial charge in [-0.1, -0.05) is 12.1 Å². The summed E-state index contributed by atoms with van der Waals surface area (Å²) in [6, 6.07) is 7.61. The van der Waals surface area contributed by atoms with Gasteiger partial charge in [0.25, 0.3) is 5.91 Å². The van der Waals surface area contributed by atoms with E-state index in [-0.39, 0.29) is 47.5 Å². The topological polar surface area (TPSA) is 105 Å². The zero-order valence-corrected chi connectivity index (χ0v) is 18.5. The molecule has 0 radical (unpaired) electrons. The van der Waals surface area contributed by atoms with Crippen LogP contribution in [-0.2, 0) is 21.1 Å². The lowest BCUT2D eigenvalue weighted by Gasteiger charge is -2.19. The van der Waals surface area contributed by atoms with Crippen molar-refractivity contribution in [3.8, 4) is 0 Å². The lowest BCUT2D eigenvalue weighted by atomic mass is 9.97. The summed E-state index contributed by atoms with van der Waals surface area (Å²) in [6.45, 7) is 2.09. The van der Waals surface area contributed by atoms with Crippen LogP contribution in [0.25, 0.3) is 0 Å². The molecule has 2 aromatic rings. The molecule has 0 bridgehead atoms. The molecule has 32 heavy (non-hydrogen) atoms. The maximum Gasteiger partial charge on any atom is 0.289 e. The van der Waals surface area contributed by atoms with Gasteiger partial charge in [0.2, 0.25) is 5.78 Å². The van der Waals surface area contributed by atoms with E-state index in [1.54, 1.807) is 25.1 Å². The summed E-state index contributed by atoms with van der Waals surface area (Å²) < 4.78 is 42.8. The Kier molecular flexibility index (Phi) is 5.94. The van der Waals surface area contributed by atoms with Crippen molar-refractivity contribution in [3.05, 3.63) is 70.1 Å². The molecule has 0 atom stereocenters. The molecule has 4 rings (SSSR count). The Morgan fingerprint density at radius 1 is 1.22 bits per heavy atom. The second-order valence-corrected chi connectivity index (χ2v) is 10.5. The van der Waals surface area contributed by atoms with Crippen LogP contribution < -0.4 is 0 Å². The first-order valence-electron chi connectivity index (χ1n) is 10.5. The number of aliphatic hydroxyl groups excluding tert-OH is 1. The van der Waals surface area contributed by atoms with Gasteiger partial charge in [0, 0.05) is 24.4 Å². The molecule has 0 aliphatic carbocycles. The number of aliphatic hydroxyl groups is 1. The number of sulfone groups is 1. The largest absolute Gasteiger partial charge is 0.503 e. The quantitative estimate of drug-likeness (QED) is 0.663. The molecule has 1 N–H and O–H groups in total. The highest BCUT2D eigenvalue weighted by Crippen LogP contribution is 2.34. The summed E-state index contributed by atoms with van der Waals surface area (Å²) in [6.07, 6.45) is 1.08. The molecule has 1 fully saturated rings. The second-order valence-electron chi connectivity index (χ2n) is 8.21. The van der Waals surface area contributed by atoms with Gasteiger partial charge in [-0.25, -0.2) is 12.8 Å². The lowest BCUT2D eigenvalue weighted by molar-refractivity contribution is -0.127. The Hall–Kier alpha value is -2.94. The van der Waals surface area contributed by atoms with E-state index in [0.717, 1.165) is 5.56 Å². The van der Waals surface area contributed by atoms with Crippen molar-refractivity contribution >= 4 is 21.5 Å². The second kappa shape index (κ2) is 8.54. The van der Waals surface area contributed by atoms with Crippen molar-refractivity contribution in [1.29, 1.82) is 0 Å². The molecule has 7 nitrogen and oxygen atoms in total. The van der Waals surface area contributed by atoms with E-state index < -0.39 is 27.3 Å². The average molecular weight is 462 g/mol. The zero-order valence-electron chi connectivity index (χ0n) is 17.6. The van der Waals surface area contributed by atoms with Crippen LogP contribution >= 0.6 is 0 Å². The number of carbonyl (C=O) groups excluding carboxylic acids is 2. The van der Waals surface area contributed by atoms with E-state index in [1.165, 1.54) is 17.0 Å². The highest BCUT2D eigenvalue weighted by atomic mass is 32.2. The van der Waals surface area contributed by atoms with Crippen LogP contribution in [0, 0.1) is 5.82 Å².